The van der Waals surface area contributed by atoms with Gasteiger partial charge in [-0.15, -0.1) is 0 Å². The van der Waals surface area contributed by atoms with Crippen molar-refractivity contribution in [2.75, 3.05) is 13.2 Å². The predicted molar refractivity (Wildman–Crippen MR) is 110 cm³/mol. The second kappa shape index (κ2) is 9.63. The van der Waals surface area contributed by atoms with Gasteiger partial charge in [0, 0.05) is 18.2 Å². The number of hydrogen-bond donors (Lipinski definition) is 1. The quantitative estimate of drug-likeness (QED) is 0.483. The lowest BCUT2D eigenvalue weighted by atomic mass is 10.2. The van der Waals surface area contributed by atoms with E-state index in [0.29, 0.717) is 23.3 Å². The number of benzene rings is 1. The van der Waals surface area contributed by atoms with Crippen molar-refractivity contribution >= 4 is 14.6 Å². The summed E-state index contributed by atoms with van der Waals surface area (Å²) in [4.78, 5) is 38.3. The number of rotatable bonds is 7. The Morgan fingerprint density at radius 2 is 2.09 bits per heavy atom. The minimum absolute atomic E-state index is 0.0358. The van der Waals surface area contributed by atoms with Crippen molar-refractivity contribution in [2.24, 2.45) is 0 Å². The number of nitriles is 1. The maximum Gasteiger partial charge on any atom is 0.465 e. The third-order valence-electron chi connectivity index (χ3n) is 4.96. The highest BCUT2D eigenvalue weighted by Gasteiger charge is 2.40. The maximum atomic E-state index is 12.2. The van der Waals surface area contributed by atoms with Crippen LogP contribution >= 0.6 is 8.60 Å². The van der Waals surface area contributed by atoms with Crippen molar-refractivity contribution < 1.29 is 27.8 Å². The second-order valence-corrected chi connectivity index (χ2v) is 8.22. The Labute approximate surface area is 183 Å². The number of H-pyrrole nitrogens is 1. The zero-order chi connectivity index (χ0) is 22.7. The van der Waals surface area contributed by atoms with E-state index in [-0.39, 0.29) is 19.6 Å². The van der Waals surface area contributed by atoms with Crippen LogP contribution in [0.2, 0.25) is 0 Å². The summed E-state index contributed by atoms with van der Waals surface area (Å²) in [6, 6.07) is 8.68. The fourth-order valence-corrected chi connectivity index (χ4v) is 4.34. The molecule has 1 N–H and O–H groups in total. The first-order chi connectivity index (χ1) is 15.5. The van der Waals surface area contributed by atoms with E-state index in [9.17, 15) is 14.4 Å². The van der Waals surface area contributed by atoms with Crippen LogP contribution < -0.4 is 15.8 Å². The molecule has 168 valence electrons. The molecule has 0 saturated carbocycles. The molecule has 0 aliphatic carbocycles. The highest BCUT2D eigenvalue weighted by Crippen LogP contribution is 2.47. The number of aryl methyl sites for hydroxylation is 1. The minimum Gasteiger partial charge on any atom is -0.417 e. The lowest BCUT2D eigenvalue weighted by Gasteiger charge is -2.24. The van der Waals surface area contributed by atoms with Crippen molar-refractivity contribution in [1.29, 1.82) is 5.26 Å². The number of aromatic amines is 1. The number of nitrogens with zero attached hydrogens (tertiary/aromatic N) is 2. The van der Waals surface area contributed by atoms with Crippen LogP contribution in [0, 0.1) is 18.3 Å². The average Bonchev–Trinajstić information content (AvgIpc) is 3.18. The summed E-state index contributed by atoms with van der Waals surface area (Å²) in [6.45, 7) is 1.73. The molecule has 4 atom stereocenters. The van der Waals surface area contributed by atoms with E-state index < -0.39 is 44.3 Å². The summed E-state index contributed by atoms with van der Waals surface area (Å²) in [5.41, 5.74) is -0.393. The highest BCUT2D eigenvalue weighted by molar-refractivity contribution is 7.43. The van der Waals surface area contributed by atoms with Gasteiger partial charge < -0.3 is 18.5 Å². The first-order valence-electron chi connectivity index (χ1n) is 9.84. The molecular formula is C20H20N3O8P. The van der Waals surface area contributed by atoms with Crippen LogP contribution in [-0.4, -0.2) is 40.9 Å². The van der Waals surface area contributed by atoms with Crippen LogP contribution in [0.5, 0.6) is 5.75 Å². The first-order valence-corrected chi connectivity index (χ1v) is 10.9. The van der Waals surface area contributed by atoms with Gasteiger partial charge >= 0.3 is 20.3 Å². The van der Waals surface area contributed by atoms with Crippen LogP contribution in [0.4, 0.5) is 0 Å². The van der Waals surface area contributed by atoms with Crippen molar-refractivity contribution in [3.05, 3.63) is 62.4 Å². The van der Waals surface area contributed by atoms with Gasteiger partial charge in [0.1, 0.15) is 23.6 Å². The molecule has 11 nitrogen and oxygen atoms in total. The predicted octanol–water partition coefficient (Wildman–Crippen LogP) is 1.92. The smallest absolute Gasteiger partial charge is 0.417 e. The van der Waals surface area contributed by atoms with Gasteiger partial charge in [-0.3, -0.25) is 18.9 Å². The highest BCUT2D eigenvalue weighted by atomic mass is 31.2. The average molecular weight is 461 g/mol. The third-order valence-corrected chi connectivity index (χ3v) is 5.98. The summed E-state index contributed by atoms with van der Waals surface area (Å²) in [7, 11) is -1.99. The number of hydrogen-bond acceptors (Lipinski definition) is 9. The lowest BCUT2D eigenvalue weighted by Crippen LogP contribution is -2.33. The Morgan fingerprint density at radius 1 is 1.28 bits per heavy atom. The molecule has 2 unspecified atom stereocenters. The van der Waals surface area contributed by atoms with E-state index in [0.717, 1.165) is 0 Å². The number of nitrogens with one attached hydrogen (secondary N) is 1. The molecule has 12 heteroatoms. The topological polar surface area (TPSA) is 142 Å². The van der Waals surface area contributed by atoms with E-state index in [1.165, 1.54) is 10.8 Å². The summed E-state index contributed by atoms with van der Waals surface area (Å²) in [5.74, 6) is -0.169. The zero-order valence-corrected chi connectivity index (χ0v) is 17.9. The monoisotopic (exact) mass is 461 g/mol. The van der Waals surface area contributed by atoms with Gasteiger partial charge in [-0.25, -0.2) is 9.59 Å². The maximum absolute atomic E-state index is 12.2. The molecule has 2 aromatic rings. The SMILES string of the molecule is Cc1cn([C@H]2CC(OCCC#N)[C@@H](COP3OC(=O)c4ccccc4O3)O2)c(=O)[nH]c1=O. The van der Waals surface area contributed by atoms with Crippen LogP contribution in [0.25, 0.3) is 0 Å². The Kier molecular flexibility index (Phi) is 6.67. The summed E-state index contributed by atoms with van der Waals surface area (Å²) < 4.78 is 29.5. The van der Waals surface area contributed by atoms with Crippen molar-refractivity contribution in [3.8, 4) is 11.8 Å². The first kappa shape index (κ1) is 22.2. The number of ether oxygens (including phenoxy) is 2. The molecule has 32 heavy (non-hydrogen) atoms. The Bertz CT molecular complexity index is 1160. The van der Waals surface area contributed by atoms with Crippen molar-refractivity contribution in [1.82, 2.24) is 9.55 Å². The molecule has 0 radical (unpaired) electrons. The van der Waals surface area contributed by atoms with E-state index in [1.54, 1.807) is 31.2 Å². The van der Waals surface area contributed by atoms with E-state index in [4.69, 9.17) is 28.3 Å². The number of aromatic nitrogens is 2. The van der Waals surface area contributed by atoms with Crippen LogP contribution in [0.3, 0.4) is 0 Å². The molecule has 2 aliphatic heterocycles. The fourth-order valence-electron chi connectivity index (χ4n) is 3.37. The van der Waals surface area contributed by atoms with Gasteiger partial charge in [-0.05, 0) is 19.1 Å². The number of para-hydroxylation sites is 1. The molecular weight excluding hydrogens is 441 g/mol. The largest absolute Gasteiger partial charge is 0.465 e. The summed E-state index contributed by atoms with van der Waals surface area (Å²) >= 11 is 0. The van der Waals surface area contributed by atoms with Crippen molar-refractivity contribution in [3.63, 3.8) is 0 Å². The Balaban J connectivity index is 1.45. The van der Waals surface area contributed by atoms with Gasteiger partial charge in [-0.2, -0.15) is 5.26 Å². The molecule has 1 aromatic carbocycles. The van der Waals surface area contributed by atoms with Crippen molar-refractivity contribution in [2.45, 2.75) is 38.2 Å². The summed E-state index contributed by atoms with van der Waals surface area (Å²) in [6.07, 6.45) is 0.0920. The van der Waals surface area contributed by atoms with Gasteiger partial charge in [0.25, 0.3) is 5.56 Å². The lowest BCUT2D eigenvalue weighted by molar-refractivity contribution is -0.0584. The molecule has 0 bridgehead atoms. The number of fused-ring (bicyclic) bond motifs is 1. The molecule has 1 aromatic heterocycles. The Hall–Kier alpha value is -3.03. The molecule has 0 spiro atoms. The van der Waals surface area contributed by atoms with Gasteiger partial charge in [0.05, 0.1) is 31.8 Å². The second-order valence-electron chi connectivity index (χ2n) is 7.15. The Morgan fingerprint density at radius 3 is 2.91 bits per heavy atom. The molecule has 4 rings (SSSR count). The van der Waals surface area contributed by atoms with Gasteiger partial charge in [-0.1, -0.05) is 12.1 Å². The minimum atomic E-state index is -1.99. The standard InChI is InChI=1S/C20H20N3O8P/c1-12-10-23(20(26)22-18(12)24)17-9-15(27-8-4-7-21)16(29-17)11-28-32-30-14-6-3-2-5-13(14)19(25)31-32/h2-3,5-6,10,15-17H,4,8-9,11H2,1H3,(H,22,24,26)/t15?,16-,17-,32?/m1/s1. The molecule has 1 fully saturated rings. The van der Waals surface area contributed by atoms with Crippen LogP contribution in [-0.2, 0) is 18.5 Å². The fraction of sp³-hybridized carbons (Fsp3) is 0.400. The normalized spacial score (nSPS) is 24.3. The number of carbonyl (C=O) groups is 1. The van der Waals surface area contributed by atoms with E-state index in [1.807, 2.05) is 6.07 Å². The number of carbonyl (C=O) groups excluding carboxylic acids is 1. The van der Waals surface area contributed by atoms with Crippen LogP contribution in [0.1, 0.15) is 35.0 Å². The molecule has 2 aliphatic rings. The zero-order valence-electron chi connectivity index (χ0n) is 17.1. The van der Waals surface area contributed by atoms with E-state index >= 15 is 0 Å². The third kappa shape index (κ3) is 4.74. The van der Waals surface area contributed by atoms with Gasteiger partial charge in [0.15, 0.2) is 0 Å². The molecule has 1 saturated heterocycles. The van der Waals surface area contributed by atoms with Gasteiger partial charge in [0.2, 0.25) is 0 Å². The van der Waals surface area contributed by atoms with Crippen LogP contribution in [0.15, 0.2) is 40.1 Å². The summed E-state index contributed by atoms with van der Waals surface area (Å²) in [5, 5.41) is 8.78. The van der Waals surface area contributed by atoms with E-state index in [2.05, 4.69) is 4.98 Å². The molecule has 0 amide bonds. The molecule has 3 heterocycles.